The van der Waals surface area contributed by atoms with Gasteiger partial charge in [0.15, 0.2) is 6.19 Å². The van der Waals surface area contributed by atoms with E-state index in [1.165, 1.54) is 12.4 Å². The summed E-state index contributed by atoms with van der Waals surface area (Å²) in [6.07, 6.45) is 3.59. The van der Waals surface area contributed by atoms with Crippen molar-refractivity contribution in [1.82, 2.24) is 25.9 Å². The zero-order chi connectivity index (χ0) is 23.9. The van der Waals surface area contributed by atoms with Crippen molar-refractivity contribution < 1.29 is 19.1 Å². The number of ether oxygens (including phenoxy) is 1. The summed E-state index contributed by atoms with van der Waals surface area (Å²) >= 11 is 0. The number of fused-ring (bicyclic) bond motifs is 1. The minimum atomic E-state index is -0.505. The van der Waals surface area contributed by atoms with Gasteiger partial charge < -0.3 is 15.4 Å². The molecule has 0 unspecified atom stereocenters. The Bertz CT molecular complexity index is 1280. The number of carbonyl (C=O) groups is 3. The Morgan fingerprint density at radius 3 is 2.21 bits per heavy atom. The zero-order valence-electron chi connectivity index (χ0n) is 18.0. The lowest BCUT2D eigenvalue weighted by Crippen LogP contribution is -2.27. The van der Waals surface area contributed by atoms with Gasteiger partial charge in [0.25, 0.3) is 17.7 Å². The number of hydrogen-bond donors (Lipinski definition) is 3. The fraction of sp³-hybridized carbons (Fsp3) is 0.167. The molecule has 0 bridgehead atoms. The highest BCUT2D eigenvalue weighted by molar-refractivity contribution is 5.97. The number of benzene rings is 2. The monoisotopic (exact) mass is 456 g/mol. The fourth-order valence-electron chi connectivity index (χ4n) is 3.40. The molecule has 2 aromatic carbocycles. The van der Waals surface area contributed by atoms with Crippen molar-refractivity contribution in [2.24, 2.45) is 0 Å². The molecular formula is C24H20N6O4. The van der Waals surface area contributed by atoms with E-state index >= 15 is 0 Å². The van der Waals surface area contributed by atoms with Crippen LogP contribution in [0, 0.1) is 11.5 Å². The Morgan fingerprint density at radius 1 is 0.882 bits per heavy atom. The van der Waals surface area contributed by atoms with E-state index in [0.29, 0.717) is 18.7 Å². The number of nitrogens with one attached hydrogen (secondary N) is 3. The van der Waals surface area contributed by atoms with Crippen LogP contribution >= 0.6 is 0 Å². The summed E-state index contributed by atoms with van der Waals surface area (Å²) in [5.74, 6) is -0.516. The van der Waals surface area contributed by atoms with Gasteiger partial charge >= 0.3 is 0 Å². The molecule has 1 aliphatic rings. The van der Waals surface area contributed by atoms with E-state index in [1.807, 2.05) is 23.5 Å². The van der Waals surface area contributed by atoms with E-state index < -0.39 is 17.7 Å². The van der Waals surface area contributed by atoms with Gasteiger partial charge in [-0.05, 0) is 34.9 Å². The Morgan fingerprint density at radius 2 is 1.53 bits per heavy atom. The number of amides is 3. The van der Waals surface area contributed by atoms with Crippen molar-refractivity contribution in [3.63, 3.8) is 0 Å². The van der Waals surface area contributed by atoms with Gasteiger partial charge in [-0.1, -0.05) is 24.3 Å². The van der Waals surface area contributed by atoms with Crippen molar-refractivity contribution in [3.8, 4) is 11.9 Å². The van der Waals surface area contributed by atoms with Gasteiger partial charge in [0.1, 0.15) is 23.5 Å². The summed E-state index contributed by atoms with van der Waals surface area (Å²) in [5, 5.41) is 16.1. The molecular weight excluding hydrogens is 436 g/mol. The summed E-state index contributed by atoms with van der Waals surface area (Å²) in [4.78, 5) is 44.6. The first-order valence-corrected chi connectivity index (χ1v) is 10.4. The average molecular weight is 456 g/mol. The van der Waals surface area contributed by atoms with Crippen LogP contribution in [0.1, 0.15) is 48.0 Å². The molecule has 0 spiro atoms. The van der Waals surface area contributed by atoms with Crippen LogP contribution in [0.25, 0.3) is 0 Å². The number of nitrogens with zero attached hydrogens (tertiary/aromatic N) is 3. The van der Waals surface area contributed by atoms with Crippen molar-refractivity contribution >= 4 is 17.7 Å². The predicted octanol–water partition coefficient (Wildman–Crippen LogP) is 1.48. The van der Waals surface area contributed by atoms with Crippen LogP contribution < -0.4 is 20.7 Å². The largest absolute Gasteiger partial charge is 0.493 e. The molecule has 10 nitrogen and oxygen atoms in total. The maximum Gasteiger partial charge on any atom is 0.270 e. The van der Waals surface area contributed by atoms with Crippen molar-refractivity contribution in [3.05, 3.63) is 88.5 Å². The molecule has 1 aromatic heterocycles. The van der Waals surface area contributed by atoms with Crippen LogP contribution in [0.4, 0.5) is 0 Å². The molecule has 0 saturated heterocycles. The SMILES string of the molecule is N#CNC(=O)c1ccc(CNC(=O)c2cc(C(=O)NCc3ccc4c(c3)CCO4)ncn2)cc1. The molecule has 0 aliphatic carbocycles. The maximum absolute atomic E-state index is 12.5. The minimum absolute atomic E-state index is 0.0554. The van der Waals surface area contributed by atoms with Crippen LogP contribution in [0.3, 0.4) is 0 Å². The lowest BCUT2D eigenvalue weighted by atomic mass is 10.1. The van der Waals surface area contributed by atoms with Gasteiger partial charge in [0.05, 0.1) is 6.61 Å². The molecule has 0 fully saturated rings. The van der Waals surface area contributed by atoms with Gasteiger partial charge in [-0.15, -0.1) is 0 Å². The molecule has 0 saturated carbocycles. The van der Waals surface area contributed by atoms with Crippen LogP contribution in [0.5, 0.6) is 5.75 Å². The second kappa shape index (κ2) is 10.2. The highest BCUT2D eigenvalue weighted by atomic mass is 16.5. The van der Waals surface area contributed by atoms with E-state index in [9.17, 15) is 14.4 Å². The first-order valence-electron chi connectivity index (χ1n) is 10.4. The predicted molar refractivity (Wildman–Crippen MR) is 120 cm³/mol. The topological polar surface area (TPSA) is 146 Å². The van der Waals surface area contributed by atoms with Crippen LogP contribution in [0.15, 0.2) is 54.9 Å². The van der Waals surface area contributed by atoms with Gasteiger partial charge in [0, 0.05) is 31.1 Å². The van der Waals surface area contributed by atoms with Crippen LogP contribution in [-0.4, -0.2) is 34.3 Å². The number of hydrogen-bond acceptors (Lipinski definition) is 7. The number of carbonyl (C=O) groups excluding carboxylic acids is 3. The van der Waals surface area contributed by atoms with Gasteiger partial charge in [-0.2, -0.15) is 5.26 Å². The molecule has 3 aromatic rings. The third-order valence-electron chi connectivity index (χ3n) is 5.18. The third-order valence-corrected chi connectivity index (χ3v) is 5.18. The smallest absolute Gasteiger partial charge is 0.270 e. The Balaban J connectivity index is 1.32. The van der Waals surface area contributed by atoms with E-state index in [4.69, 9.17) is 10.00 Å². The van der Waals surface area contributed by atoms with Gasteiger partial charge in [-0.25, -0.2) is 9.97 Å². The maximum atomic E-state index is 12.5. The normalized spacial score (nSPS) is 11.5. The third kappa shape index (κ3) is 5.34. The zero-order valence-corrected chi connectivity index (χ0v) is 18.0. The standard InChI is InChI=1S/C24H20N6O4/c25-13-28-22(31)17-4-1-15(2-5-17)11-26-23(32)19-10-20(30-14-29-19)24(33)27-12-16-3-6-21-18(9-16)7-8-34-21/h1-6,9-10,14H,7-8,11-12H2,(H,26,32)(H,27,33)(H,28,31). The van der Waals surface area contributed by atoms with E-state index in [1.54, 1.807) is 30.5 Å². The quantitative estimate of drug-likeness (QED) is 0.360. The van der Waals surface area contributed by atoms with Crippen LogP contribution in [0.2, 0.25) is 0 Å². The number of aromatic nitrogens is 2. The lowest BCUT2D eigenvalue weighted by molar-refractivity contribution is 0.0940. The number of rotatable bonds is 7. The molecule has 3 amide bonds. The second-order valence-corrected chi connectivity index (χ2v) is 7.46. The lowest BCUT2D eigenvalue weighted by Gasteiger charge is -2.08. The highest BCUT2D eigenvalue weighted by Crippen LogP contribution is 2.25. The van der Waals surface area contributed by atoms with Crippen molar-refractivity contribution in [2.75, 3.05) is 6.61 Å². The molecule has 4 rings (SSSR count). The van der Waals surface area contributed by atoms with Crippen molar-refractivity contribution in [1.29, 1.82) is 5.26 Å². The van der Waals surface area contributed by atoms with E-state index in [0.717, 1.165) is 28.9 Å². The molecule has 0 radical (unpaired) electrons. The second-order valence-electron chi connectivity index (χ2n) is 7.46. The molecule has 3 N–H and O–H groups in total. The first-order chi connectivity index (χ1) is 16.5. The van der Waals surface area contributed by atoms with Gasteiger partial charge in [0.2, 0.25) is 0 Å². The molecule has 0 atom stereocenters. The summed E-state index contributed by atoms with van der Waals surface area (Å²) < 4.78 is 5.49. The molecule has 10 heteroatoms. The Labute approximate surface area is 195 Å². The highest BCUT2D eigenvalue weighted by Gasteiger charge is 2.15. The fourth-order valence-corrected chi connectivity index (χ4v) is 3.40. The van der Waals surface area contributed by atoms with E-state index in [2.05, 4.69) is 20.6 Å². The molecule has 34 heavy (non-hydrogen) atoms. The van der Waals surface area contributed by atoms with E-state index in [-0.39, 0.29) is 17.9 Å². The Hall–Kier alpha value is -4.78. The minimum Gasteiger partial charge on any atom is -0.493 e. The average Bonchev–Trinajstić information content (AvgIpc) is 3.34. The summed E-state index contributed by atoms with van der Waals surface area (Å²) in [6, 6.07) is 13.6. The molecule has 170 valence electrons. The molecule has 1 aliphatic heterocycles. The summed E-state index contributed by atoms with van der Waals surface area (Å²) in [6.45, 7) is 1.17. The Kier molecular flexibility index (Phi) is 6.74. The summed E-state index contributed by atoms with van der Waals surface area (Å²) in [5.41, 5.74) is 3.27. The summed E-state index contributed by atoms with van der Waals surface area (Å²) in [7, 11) is 0. The number of nitriles is 1. The first kappa shape index (κ1) is 22.4. The van der Waals surface area contributed by atoms with Crippen LogP contribution in [-0.2, 0) is 19.5 Å². The molecule has 2 heterocycles. The van der Waals surface area contributed by atoms with Gasteiger partial charge in [-0.3, -0.25) is 19.7 Å². The van der Waals surface area contributed by atoms with Crippen molar-refractivity contribution in [2.45, 2.75) is 19.5 Å².